The first-order chi connectivity index (χ1) is 11.1. The van der Waals surface area contributed by atoms with Gasteiger partial charge in [-0.1, -0.05) is 42.0 Å². The zero-order valence-electron chi connectivity index (χ0n) is 13.2. The van der Waals surface area contributed by atoms with Crippen LogP contribution in [0.25, 0.3) is 0 Å². The van der Waals surface area contributed by atoms with Crippen LogP contribution in [0.1, 0.15) is 29.6 Å². The number of aliphatic hydroxyl groups is 1. The van der Waals surface area contributed by atoms with Crippen molar-refractivity contribution in [1.82, 2.24) is 0 Å². The second kappa shape index (κ2) is 7.75. The van der Waals surface area contributed by atoms with E-state index in [0.29, 0.717) is 24.8 Å². The average molecular weight is 310 g/mol. The zero-order chi connectivity index (χ0) is 16.7. The highest BCUT2D eigenvalue weighted by atomic mass is 16.5. The Kier molecular flexibility index (Phi) is 5.72. The molecule has 23 heavy (non-hydrogen) atoms. The number of benzene rings is 1. The maximum absolute atomic E-state index is 12.0. The van der Waals surface area contributed by atoms with Gasteiger partial charge in [0.2, 0.25) is 0 Å². The minimum absolute atomic E-state index is 0.0736. The quantitative estimate of drug-likeness (QED) is 0.612. The molecule has 1 aliphatic rings. The SMILES string of the molecule is C=CCC1=CC(O)(COC(=O)c2ccccc2)CC(CC=C)=C1. The van der Waals surface area contributed by atoms with Crippen LogP contribution in [0.3, 0.4) is 0 Å². The van der Waals surface area contributed by atoms with Crippen molar-refractivity contribution in [2.24, 2.45) is 0 Å². The standard InChI is InChI=1S/C20H22O3/c1-3-8-16-12-17(9-4-2)14-20(22,13-16)15-23-19(21)18-10-6-5-7-11-18/h3-7,10-13,22H,1-2,8-9,14-15H2. The van der Waals surface area contributed by atoms with Crippen molar-refractivity contribution in [3.05, 3.63) is 84.5 Å². The highest BCUT2D eigenvalue weighted by molar-refractivity contribution is 5.89. The lowest BCUT2D eigenvalue weighted by atomic mass is 9.84. The number of ether oxygens (including phenoxy) is 1. The summed E-state index contributed by atoms with van der Waals surface area (Å²) in [5.74, 6) is -0.433. The molecule has 0 heterocycles. The third-order valence-electron chi connectivity index (χ3n) is 3.63. The molecular weight excluding hydrogens is 288 g/mol. The smallest absolute Gasteiger partial charge is 0.338 e. The van der Waals surface area contributed by atoms with Crippen LogP contribution < -0.4 is 0 Å². The van der Waals surface area contributed by atoms with Crippen LogP contribution in [-0.2, 0) is 4.74 Å². The molecule has 1 aromatic rings. The summed E-state index contributed by atoms with van der Waals surface area (Å²) in [6.45, 7) is 7.40. The van der Waals surface area contributed by atoms with Crippen LogP contribution in [0.4, 0.5) is 0 Å². The lowest BCUT2D eigenvalue weighted by Gasteiger charge is -2.30. The van der Waals surface area contributed by atoms with Crippen molar-refractivity contribution in [1.29, 1.82) is 0 Å². The van der Waals surface area contributed by atoms with Crippen molar-refractivity contribution in [3.63, 3.8) is 0 Å². The van der Waals surface area contributed by atoms with E-state index < -0.39 is 11.6 Å². The average Bonchev–Trinajstić information content (AvgIpc) is 2.54. The second-order valence-electron chi connectivity index (χ2n) is 5.73. The van der Waals surface area contributed by atoms with E-state index >= 15 is 0 Å². The van der Waals surface area contributed by atoms with Gasteiger partial charge in [-0.15, -0.1) is 13.2 Å². The fourth-order valence-corrected chi connectivity index (χ4v) is 2.69. The molecule has 2 rings (SSSR count). The van der Waals surface area contributed by atoms with Gasteiger partial charge in [0.1, 0.15) is 12.2 Å². The number of hydrogen-bond donors (Lipinski definition) is 1. The molecule has 1 aliphatic carbocycles. The highest BCUT2D eigenvalue weighted by Gasteiger charge is 2.30. The largest absolute Gasteiger partial charge is 0.459 e. The number of esters is 1. The number of allylic oxidation sites excluding steroid dienone is 4. The Hall–Kier alpha value is -2.39. The summed E-state index contributed by atoms with van der Waals surface area (Å²) in [5, 5.41) is 10.8. The molecule has 0 aromatic heterocycles. The molecule has 1 atom stereocenters. The van der Waals surface area contributed by atoms with Gasteiger partial charge in [-0.3, -0.25) is 0 Å². The van der Waals surface area contributed by atoms with Gasteiger partial charge in [0.05, 0.1) is 5.56 Å². The molecule has 0 radical (unpaired) electrons. The van der Waals surface area contributed by atoms with Crippen LogP contribution >= 0.6 is 0 Å². The molecule has 1 unspecified atom stereocenters. The molecule has 0 amide bonds. The van der Waals surface area contributed by atoms with Crippen LogP contribution in [0.15, 0.2) is 78.9 Å². The first-order valence-electron chi connectivity index (χ1n) is 7.64. The van der Waals surface area contributed by atoms with Crippen LogP contribution in [0.2, 0.25) is 0 Å². The number of carbonyl (C=O) groups is 1. The Balaban J connectivity index is 2.08. The van der Waals surface area contributed by atoms with Gasteiger partial charge in [0, 0.05) is 6.42 Å². The number of rotatable bonds is 7. The Morgan fingerprint density at radius 1 is 1.22 bits per heavy atom. The molecule has 0 aliphatic heterocycles. The van der Waals surface area contributed by atoms with Gasteiger partial charge in [0.25, 0.3) is 0 Å². The summed E-state index contributed by atoms with van der Waals surface area (Å²) in [6.07, 6.45) is 9.20. The minimum atomic E-state index is -1.18. The summed E-state index contributed by atoms with van der Waals surface area (Å²) in [7, 11) is 0. The van der Waals surface area contributed by atoms with Gasteiger partial charge in [0.15, 0.2) is 0 Å². The summed E-state index contributed by atoms with van der Waals surface area (Å²) < 4.78 is 5.31. The summed E-state index contributed by atoms with van der Waals surface area (Å²) >= 11 is 0. The second-order valence-corrected chi connectivity index (χ2v) is 5.73. The molecule has 1 N–H and O–H groups in total. The van der Waals surface area contributed by atoms with Gasteiger partial charge >= 0.3 is 5.97 Å². The van der Waals surface area contributed by atoms with Gasteiger partial charge < -0.3 is 9.84 Å². The molecule has 0 spiro atoms. The Labute approximate surface area is 137 Å². The predicted molar refractivity (Wildman–Crippen MR) is 92.1 cm³/mol. The van der Waals surface area contributed by atoms with Crippen molar-refractivity contribution in [2.75, 3.05) is 6.61 Å². The first kappa shape index (κ1) is 17.0. The van der Waals surface area contributed by atoms with E-state index in [1.807, 2.05) is 6.07 Å². The first-order valence-corrected chi connectivity index (χ1v) is 7.64. The lowest BCUT2D eigenvalue weighted by Crippen LogP contribution is -2.36. The molecule has 0 bridgehead atoms. The Bertz CT molecular complexity index is 640. The topological polar surface area (TPSA) is 46.5 Å². The highest BCUT2D eigenvalue weighted by Crippen LogP contribution is 2.30. The van der Waals surface area contributed by atoms with Crippen LogP contribution in [0, 0.1) is 0 Å². The van der Waals surface area contributed by atoms with Crippen molar-refractivity contribution in [2.45, 2.75) is 24.9 Å². The maximum Gasteiger partial charge on any atom is 0.338 e. The van der Waals surface area contributed by atoms with Gasteiger partial charge in [-0.05, 0) is 36.6 Å². The van der Waals surface area contributed by atoms with E-state index in [4.69, 9.17) is 4.74 Å². The van der Waals surface area contributed by atoms with E-state index in [9.17, 15) is 9.90 Å². The molecular formula is C20H22O3. The molecule has 3 heteroatoms. The van der Waals surface area contributed by atoms with Crippen molar-refractivity contribution in [3.8, 4) is 0 Å². The van der Waals surface area contributed by atoms with E-state index in [-0.39, 0.29) is 6.61 Å². The van der Waals surface area contributed by atoms with E-state index in [0.717, 1.165) is 11.1 Å². The van der Waals surface area contributed by atoms with Gasteiger partial charge in [-0.2, -0.15) is 0 Å². The van der Waals surface area contributed by atoms with Crippen LogP contribution in [-0.4, -0.2) is 23.3 Å². The Morgan fingerprint density at radius 3 is 2.57 bits per heavy atom. The fourth-order valence-electron chi connectivity index (χ4n) is 2.69. The normalized spacial score (nSPS) is 20.2. The zero-order valence-corrected chi connectivity index (χ0v) is 13.2. The maximum atomic E-state index is 12.0. The van der Waals surface area contributed by atoms with E-state index in [1.54, 1.807) is 42.5 Å². The van der Waals surface area contributed by atoms with E-state index in [1.165, 1.54) is 0 Å². The third-order valence-corrected chi connectivity index (χ3v) is 3.63. The number of carbonyl (C=O) groups excluding carboxylic acids is 1. The molecule has 1 aromatic carbocycles. The monoisotopic (exact) mass is 310 g/mol. The summed E-state index contributed by atoms with van der Waals surface area (Å²) in [4.78, 5) is 12.0. The molecule has 3 nitrogen and oxygen atoms in total. The lowest BCUT2D eigenvalue weighted by molar-refractivity contribution is -0.00526. The molecule has 0 saturated heterocycles. The minimum Gasteiger partial charge on any atom is -0.459 e. The third kappa shape index (κ3) is 4.80. The molecule has 120 valence electrons. The summed E-state index contributed by atoms with van der Waals surface area (Å²) in [6, 6.07) is 8.77. The Morgan fingerprint density at radius 2 is 1.91 bits per heavy atom. The molecule has 0 fully saturated rings. The summed E-state index contributed by atoms with van der Waals surface area (Å²) in [5.41, 5.74) is 1.33. The van der Waals surface area contributed by atoms with Crippen molar-refractivity contribution < 1.29 is 14.6 Å². The number of hydrogen-bond acceptors (Lipinski definition) is 3. The van der Waals surface area contributed by atoms with Crippen LogP contribution in [0.5, 0.6) is 0 Å². The van der Waals surface area contributed by atoms with E-state index in [2.05, 4.69) is 19.2 Å². The van der Waals surface area contributed by atoms with Crippen molar-refractivity contribution >= 4 is 5.97 Å². The fraction of sp³-hybridized carbons (Fsp3) is 0.250. The predicted octanol–water partition coefficient (Wildman–Crippen LogP) is 3.98. The molecule has 0 saturated carbocycles. The van der Waals surface area contributed by atoms with Gasteiger partial charge in [-0.25, -0.2) is 4.79 Å².